The zero-order chi connectivity index (χ0) is 31.9. The molecule has 0 unspecified atom stereocenters. The Bertz CT molecular complexity index is 1790. The third-order valence-electron chi connectivity index (χ3n) is 7.26. The summed E-state index contributed by atoms with van der Waals surface area (Å²) in [6.07, 6.45) is 5.71. The summed E-state index contributed by atoms with van der Waals surface area (Å²) >= 11 is 0. The average Bonchev–Trinajstić information content (AvgIpc) is 3.70. The Balaban J connectivity index is 1.51. The van der Waals surface area contributed by atoms with Gasteiger partial charge in [-0.1, -0.05) is 6.58 Å². The summed E-state index contributed by atoms with van der Waals surface area (Å²) in [5.41, 5.74) is 5.70. The van der Waals surface area contributed by atoms with Crippen molar-refractivity contribution in [2.45, 2.75) is 12.8 Å². The predicted molar refractivity (Wildman–Crippen MR) is 177 cm³/mol. The van der Waals surface area contributed by atoms with E-state index in [9.17, 15) is 9.90 Å². The van der Waals surface area contributed by atoms with Crippen molar-refractivity contribution in [3.8, 4) is 28.4 Å². The van der Waals surface area contributed by atoms with Crippen LogP contribution < -0.4 is 20.3 Å². The molecule has 3 aromatic heterocycles. The molecule has 1 amide bonds. The number of hydrogen-bond acceptors (Lipinski definition) is 10. The van der Waals surface area contributed by atoms with Gasteiger partial charge in [-0.3, -0.25) is 4.79 Å². The Morgan fingerprint density at radius 2 is 1.96 bits per heavy atom. The first-order valence-electron chi connectivity index (χ1n) is 14.6. The fourth-order valence-corrected chi connectivity index (χ4v) is 4.88. The Labute approximate surface area is 261 Å². The number of rotatable bonds is 14. The first-order valence-corrected chi connectivity index (χ1v) is 14.6. The number of likely N-dealkylation sites (N-methyl/N-ethyl adjacent to an activating group) is 2. The number of aryl methyl sites for hydroxylation is 1. The topological polar surface area (TPSA) is 145 Å². The molecule has 2 aromatic carbocycles. The lowest BCUT2D eigenvalue weighted by atomic mass is 10.1. The zero-order valence-corrected chi connectivity index (χ0v) is 25.9. The van der Waals surface area contributed by atoms with Gasteiger partial charge in [-0.25, -0.2) is 15.0 Å². The number of aliphatic hydroxyl groups is 1. The van der Waals surface area contributed by atoms with Gasteiger partial charge in [-0.2, -0.15) is 0 Å². The number of aromatic nitrogens is 4. The van der Waals surface area contributed by atoms with Crippen molar-refractivity contribution in [2.75, 3.05) is 63.5 Å². The number of anilines is 4. The van der Waals surface area contributed by atoms with Crippen molar-refractivity contribution >= 4 is 39.9 Å². The Morgan fingerprint density at radius 3 is 2.71 bits per heavy atom. The van der Waals surface area contributed by atoms with Gasteiger partial charge >= 0.3 is 0 Å². The lowest BCUT2D eigenvalue weighted by molar-refractivity contribution is -0.111. The molecular formula is C33H38N8O4. The van der Waals surface area contributed by atoms with Gasteiger partial charge in [0.15, 0.2) is 0 Å². The fraction of sp³-hybridized carbons (Fsp3) is 0.273. The standard InChI is InChI=1S/C33H38N8O4/c1-6-30(43)35-24-19-25(28(44-5)20-26(24)41(4)15-14-40(2)3)37-33-34-13-11-23(36-33)32-31(38-29(39-32)8-7-16-42)22-9-10-27-21(18-22)12-17-45-27/h6,9-13,17-20,42H,1,7-8,14-16H2,2-5H3,(H,35,43)(H,38,39)(H,34,36,37). The molecule has 0 atom stereocenters. The van der Waals surface area contributed by atoms with Gasteiger partial charge in [0.05, 0.1) is 47.5 Å². The van der Waals surface area contributed by atoms with Crippen molar-refractivity contribution in [3.63, 3.8) is 0 Å². The molecule has 234 valence electrons. The summed E-state index contributed by atoms with van der Waals surface area (Å²) in [7, 11) is 7.57. The van der Waals surface area contributed by atoms with E-state index in [0.717, 1.165) is 52.5 Å². The van der Waals surface area contributed by atoms with E-state index >= 15 is 0 Å². The van der Waals surface area contributed by atoms with Gasteiger partial charge in [0.25, 0.3) is 0 Å². The number of hydrogen-bond donors (Lipinski definition) is 4. The second-order valence-corrected chi connectivity index (χ2v) is 10.8. The highest BCUT2D eigenvalue weighted by Crippen LogP contribution is 2.38. The van der Waals surface area contributed by atoms with Crippen molar-refractivity contribution in [2.24, 2.45) is 0 Å². The maximum absolute atomic E-state index is 12.4. The minimum Gasteiger partial charge on any atom is -0.494 e. The van der Waals surface area contributed by atoms with Crippen LogP contribution in [0.25, 0.3) is 33.6 Å². The number of carbonyl (C=O) groups excluding carboxylic acids is 1. The summed E-state index contributed by atoms with van der Waals surface area (Å²) in [6, 6.07) is 13.3. The largest absolute Gasteiger partial charge is 0.494 e. The van der Waals surface area contributed by atoms with Crippen molar-refractivity contribution in [1.29, 1.82) is 0 Å². The van der Waals surface area contributed by atoms with Gasteiger partial charge in [0.2, 0.25) is 11.9 Å². The minimum absolute atomic E-state index is 0.0647. The summed E-state index contributed by atoms with van der Waals surface area (Å²) in [6.45, 7) is 5.21. The molecule has 12 heteroatoms. The maximum atomic E-state index is 12.4. The molecule has 3 heterocycles. The molecular weight excluding hydrogens is 572 g/mol. The number of H-pyrrole nitrogens is 1. The molecule has 0 saturated carbocycles. The Hall–Kier alpha value is -5.20. The number of nitrogens with one attached hydrogen (secondary N) is 3. The number of amides is 1. The molecule has 5 rings (SSSR count). The lowest BCUT2D eigenvalue weighted by Gasteiger charge is -2.26. The molecule has 4 N–H and O–H groups in total. The fourth-order valence-electron chi connectivity index (χ4n) is 4.88. The van der Waals surface area contributed by atoms with Crippen LogP contribution >= 0.6 is 0 Å². The summed E-state index contributed by atoms with van der Waals surface area (Å²) in [4.78, 5) is 34.1. The molecule has 0 aliphatic heterocycles. The molecule has 45 heavy (non-hydrogen) atoms. The van der Waals surface area contributed by atoms with E-state index in [1.54, 1.807) is 25.6 Å². The third kappa shape index (κ3) is 7.31. The number of methoxy groups -OCH3 is 1. The van der Waals surface area contributed by atoms with Crippen LogP contribution in [0.4, 0.5) is 23.0 Å². The van der Waals surface area contributed by atoms with Crippen LogP contribution in [0.3, 0.4) is 0 Å². The molecule has 0 spiro atoms. The van der Waals surface area contributed by atoms with Crippen molar-refractivity contribution < 1.29 is 19.1 Å². The lowest BCUT2D eigenvalue weighted by Crippen LogP contribution is -2.29. The monoisotopic (exact) mass is 610 g/mol. The van der Waals surface area contributed by atoms with Crippen LogP contribution in [0.5, 0.6) is 5.75 Å². The maximum Gasteiger partial charge on any atom is 0.247 e. The van der Waals surface area contributed by atoms with Gasteiger partial charge < -0.3 is 39.7 Å². The minimum atomic E-state index is -0.330. The number of fused-ring (bicyclic) bond motifs is 1. The highest BCUT2D eigenvalue weighted by Gasteiger charge is 2.19. The number of aromatic amines is 1. The van der Waals surface area contributed by atoms with Crippen molar-refractivity contribution in [3.05, 3.63) is 73.4 Å². The average molecular weight is 611 g/mol. The van der Waals surface area contributed by atoms with Crippen LogP contribution in [0.2, 0.25) is 0 Å². The normalized spacial score (nSPS) is 11.2. The molecule has 5 aromatic rings. The van der Waals surface area contributed by atoms with Crippen LogP contribution in [-0.4, -0.2) is 83.8 Å². The molecule has 12 nitrogen and oxygen atoms in total. The third-order valence-corrected chi connectivity index (χ3v) is 7.26. The van der Waals surface area contributed by atoms with Crippen LogP contribution in [0.15, 0.2) is 72.0 Å². The number of benzene rings is 2. The van der Waals surface area contributed by atoms with Gasteiger partial charge in [0.1, 0.15) is 17.2 Å². The predicted octanol–water partition coefficient (Wildman–Crippen LogP) is 5.08. The molecule has 0 saturated heterocycles. The number of imidazole rings is 1. The summed E-state index contributed by atoms with van der Waals surface area (Å²) in [5.74, 6) is 1.29. The highest BCUT2D eigenvalue weighted by atomic mass is 16.5. The summed E-state index contributed by atoms with van der Waals surface area (Å²) in [5, 5.41) is 16.6. The zero-order valence-electron chi connectivity index (χ0n) is 25.9. The van der Waals surface area contributed by atoms with Crippen LogP contribution in [0.1, 0.15) is 12.2 Å². The summed E-state index contributed by atoms with van der Waals surface area (Å²) < 4.78 is 11.3. The number of carbonyl (C=O) groups is 1. The SMILES string of the molecule is C=CC(=O)Nc1cc(Nc2nccc(-c3[nH]c(CCCO)nc3-c3ccc4occc4c3)n2)c(OC)cc1N(C)CCN(C)C. The van der Waals surface area contributed by atoms with Gasteiger partial charge in [0, 0.05) is 56.4 Å². The quantitative estimate of drug-likeness (QED) is 0.126. The highest BCUT2D eigenvalue weighted by molar-refractivity contribution is 6.02. The van der Waals surface area contributed by atoms with Crippen LogP contribution in [-0.2, 0) is 11.2 Å². The first kappa shape index (κ1) is 31.2. The molecule has 0 radical (unpaired) electrons. The van der Waals surface area contributed by atoms with Gasteiger partial charge in [-0.05, 0) is 63.0 Å². The van der Waals surface area contributed by atoms with E-state index < -0.39 is 0 Å². The number of aliphatic hydroxyl groups excluding tert-OH is 1. The van der Waals surface area contributed by atoms with E-state index in [-0.39, 0.29) is 12.5 Å². The smallest absolute Gasteiger partial charge is 0.247 e. The van der Waals surface area contributed by atoms with Crippen molar-refractivity contribution in [1.82, 2.24) is 24.8 Å². The van der Waals surface area contributed by atoms with E-state index in [1.807, 2.05) is 57.5 Å². The number of ether oxygens (including phenoxy) is 1. The van der Waals surface area contributed by atoms with E-state index in [0.29, 0.717) is 41.6 Å². The molecule has 0 aliphatic rings. The number of furan rings is 1. The molecule has 0 fully saturated rings. The van der Waals surface area contributed by atoms with Crippen LogP contribution in [0, 0.1) is 0 Å². The second-order valence-electron chi connectivity index (χ2n) is 10.8. The molecule has 0 aliphatic carbocycles. The Morgan fingerprint density at radius 1 is 1.11 bits per heavy atom. The van der Waals surface area contributed by atoms with E-state index in [2.05, 4.69) is 37.0 Å². The van der Waals surface area contributed by atoms with E-state index in [4.69, 9.17) is 19.1 Å². The first-order chi connectivity index (χ1) is 21.8. The molecule has 0 bridgehead atoms. The number of nitrogens with zero attached hydrogens (tertiary/aromatic N) is 5. The second kappa shape index (κ2) is 14.1. The Kier molecular flexibility index (Phi) is 9.76. The van der Waals surface area contributed by atoms with E-state index in [1.165, 1.54) is 6.08 Å². The van der Waals surface area contributed by atoms with Gasteiger partial charge in [-0.15, -0.1) is 0 Å².